The summed E-state index contributed by atoms with van der Waals surface area (Å²) >= 11 is 1.89. The van der Waals surface area contributed by atoms with Gasteiger partial charge in [0.05, 0.1) is 32.5 Å². The van der Waals surface area contributed by atoms with E-state index in [1.807, 2.05) is 11.3 Å². The maximum atomic E-state index is 2.49. The van der Waals surface area contributed by atoms with Crippen LogP contribution in [0.1, 0.15) is 0 Å². The van der Waals surface area contributed by atoms with Crippen LogP contribution in [0, 0.1) is 0 Å². The van der Waals surface area contributed by atoms with Crippen molar-refractivity contribution in [3.8, 4) is 33.6 Å². The molecule has 0 saturated carbocycles. The average molecular weight is 717 g/mol. The van der Waals surface area contributed by atoms with Gasteiger partial charge >= 0.3 is 0 Å². The first-order valence-corrected chi connectivity index (χ1v) is 19.7. The summed E-state index contributed by atoms with van der Waals surface area (Å²) in [7, 11) is 0. The van der Waals surface area contributed by atoms with Crippen molar-refractivity contribution < 1.29 is 0 Å². The zero-order valence-corrected chi connectivity index (χ0v) is 30.6. The Bertz CT molecular complexity index is 3490. The van der Waals surface area contributed by atoms with E-state index in [0.29, 0.717) is 0 Å². The zero-order valence-electron chi connectivity index (χ0n) is 29.8. The van der Waals surface area contributed by atoms with E-state index >= 15 is 0 Å². The molecule has 0 atom stereocenters. The molecule has 0 aliphatic heterocycles. The second-order valence-electron chi connectivity index (χ2n) is 14.5. The van der Waals surface area contributed by atoms with Crippen molar-refractivity contribution in [2.75, 3.05) is 0 Å². The zero-order chi connectivity index (χ0) is 36.0. The summed E-state index contributed by atoms with van der Waals surface area (Å²) < 4.78 is 7.52. The standard InChI is InChI=1S/C52H32N2S/c1-2-13-34(14-3-1)39-26-29-49(52-51(39)42-18-8-11-21-50(42)55-52)54-46-20-10-7-17-41(46)44-32-37(24-28-48(44)54)36-23-27-47-43(31-36)40-16-6-9-19-45(40)53(47)38-25-22-33-12-4-5-15-35(33)30-38/h1-32H. The van der Waals surface area contributed by atoms with Gasteiger partial charge in [-0.1, -0.05) is 133 Å². The van der Waals surface area contributed by atoms with E-state index in [1.54, 1.807) is 0 Å². The van der Waals surface area contributed by atoms with E-state index in [1.165, 1.54) is 108 Å². The van der Waals surface area contributed by atoms with Crippen molar-refractivity contribution >= 4 is 85.9 Å². The van der Waals surface area contributed by atoms with Gasteiger partial charge in [-0.3, -0.25) is 0 Å². The van der Waals surface area contributed by atoms with Gasteiger partial charge in [0.1, 0.15) is 0 Å². The molecule has 3 heterocycles. The van der Waals surface area contributed by atoms with Crippen LogP contribution in [0.15, 0.2) is 194 Å². The number of benzene rings is 9. The Hall–Kier alpha value is -6.94. The predicted octanol–water partition coefficient (Wildman–Crippen LogP) is 14.7. The quantitative estimate of drug-likeness (QED) is 0.172. The molecule has 0 fully saturated rings. The van der Waals surface area contributed by atoms with Gasteiger partial charge in [0, 0.05) is 42.7 Å². The van der Waals surface area contributed by atoms with E-state index in [2.05, 4.69) is 203 Å². The van der Waals surface area contributed by atoms with Crippen LogP contribution in [0.25, 0.3) is 108 Å². The van der Waals surface area contributed by atoms with Gasteiger partial charge in [0.15, 0.2) is 0 Å². The molecule has 0 spiro atoms. The molecule has 9 aromatic carbocycles. The van der Waals surface area contributed by atoms with Gasteiger partial charge in [0.2, 0.25) is 0 Å². The molecule has 0 radical (unpaired) electrons. The van der Waals surface area contributed by atoms with Crippen LogP contribution in [-0.2, 0) is 0 Å². The minimum Gasteiger partial charge on any atom is -0.309 e. The molecule has 0 aliphatic carbocycles. The highest BCUT2D eigenvalue weighted by atomic mass is 32.1. The molecular formula is C52H32N2S. The molecule has 0 N–H and O–H groups in total. The predicted molar refractivity (Wildman–Crippen MR) is 236 cm³/mol. The van der Waals surface area contributed by atoms with Crippen LogP contribution in [-0.4, -0.2) is 9.13 Å². The lowest BCUT2D eigenvalue weighted by molar-refractivity contribution is 1.19. The van der Waals surface area contributed by atoms with Crippen molar-refractivity contribution in [2.45, 2.75) is 0 Å². The Morgan fingerprint density at radius 2 is 0.927 bits per heavy atom. The van der Waals surface area contributed by atoms with Crippen LogP contribution >= 0.6 is 11.3 Å². The molecule has 12 rings (SSSR count). The van der Waals surface area contributed by atoms with Crippen LogP contribution in [0.5, 0.6) is 0 Å². The van der Waals surface area contributed by atoms with E-state index in [9.17, 15) is 0 Å². The summed E-state index contributed by atoms with van der Waals surface area (Å²) in [6.45, 7) is 0. The summed E-state index contributed by atoms with van der Waals surface area (Å²) in [5.74, 6) is 0. The van der Waals surface area contributed by atoms with Gasteiger partial charge in [-0.25, -0.2) is 0 Å². The molecule has 0 unspecified atom stereocenters. The number of thiophene rings is 1. The van der Waals surface area contributed by atoms with E-state index in [4.69, 9.17) is 0 Å². The fourth-order valence-electron chi connectivity index (χ4n) is 9.01. The number of hydrogen-bond donors (Lipinski definition) is 0. The summed E-state index contributed by atoms with van der Waals surface area (Å²) in [6, 6.07) is 71.4. The maximum absolute atomic E-state index is 2.49. The SMILES string of the molecule is c1ccc(-c2ccc(-n3c4ccccc4c4cc(-c5ccc6c(c5)c5ccccc5n6-c5ccc6ccccc6c5)ccc43)c3sc4ccccc4c23)cc1. The van der Waals surface area contributed by atoms with E-state index in [-0.39, 0.29) is 0 Å². The Balaban J connectivity index is 1.06. The van der Waals surface area contributed by atoms with Crippen LogP contribution in [0.4, 0.5) is 0 Å². The van der Waals surface area contributed by atoms with Crippen molar-refractivity contribution in [1.29, 1.82) is 0 Å². The molecule has 0 bridgehead atoms. The lowest BCUT2D eigenvalue weighted by Gasteiger charge is -2.13. The third-order valence-electron chi connectivity index (χ3n) is 11.5. The number of para-hydroxylation sites is 2. The molecule has 3 heteroatoms. The summed E-state index contributed by atoms with van der Waals surface area (Å²) in [6.07, 6.45) is 0. The van der Waals surface area contributed by atoms with Crippen LogP contribution in [0.2, 0.25) is 0 Å². The van der Waals surface area contributed by atoms with Gasteiger partial charge < -0.3 is 9.13 Å². The molecule has 0 saturated heterocycles. The largest absolute Gasteiger partial charge is 0.309 e. The topological polar surface area (TPSA) is 9.86 Å². The fraction of sp³-hybridized carbons (Fsp3) is 0. The summed E-state index contributed by atoms with van der Waals surface area (Å²) in [5, 5.41) is 10.2. The molecule has 256 valence electrons. The highest BCUT2D eigenvalue weighted by molar-refractivity contribution is 7.26. The Labute approximate surface area is 321 Å². The van der Waals surface area contributed by atoms with Gasteiger partial charge in [0.25, 0.3) is 0 Å². The number of fused-ring (bicyclic) bond motifs is 10. The molecule has 55 heavy (non-hydrogen) atoms. The third kappa shape index (κ3) is 4.54. The lowest BCUT2D eigenvalue weighted by Crippen LogP contribution is -1.95. The average Bonchev–Trinajstić information content (AvgIpc) is 3.91. The smallest absolute Gasteiger partial charge is 0.0641 e. The summed E-state index contributed by atoms with van der Waals surface area (Å²) in [4.78, 5) is 0. The van der Waals surface area contributed by atoms with Crippen molar-refractivity contribution in [3.63, 3.8) is 0 Å². The monoisotopic (exact) mass is 716 g/mol. The first-order valence-electron chi connectivity index (χ1n) is 18.8. The number of nitrogens with zero attached hydrogens (tertiary/aromatic N) is 2. The van der Waals surface area contributed by atoms with E-state index < -0.39 is 0 Å². The van der Waals surface area contributed by atoms with Crippen molar-refractivity contribution in [3.05, 3.63) is 194 Å². The van der Waals surface area contributed by atoms with Crippen LogP contribution in [0.3, 0.4) is 0 Å². The maximum Gasteiger partial charge on any atom is 0.0641 e. The van der Waals surface area contributed by atoms with E-state index in [0.717, 1.165) is 0 Å². The molecular weight excluding hydrogens is 685 g/mol. The second kappa shape index (κ2) is 11.8. The molecule has 12 aromatic rings. The normalized spacial score (nSPS) is 12.0. The fourth-order valence-corrected chi connectivity index (χ4v) is 10.2. The molecule has 3 aromatic heterocycles. The molecule has 0 aliphatic rings. The second-order valence-corrected chi connectivity index (χ2v) is 15.6. The molecule has 0 amide bonds. The van der Waals surface area contributed by atoms with Crippen LogP contribution < -0.4 is 0 Å². The Kier molecular flexibility index (Phi) is 6.54. The first-order chi connectivity index (χ1) is 27.3. The van der Waals surface area contributed by atoms with Gasteiger partial charge in [-0.15, -0.1) is 11.3 Å². The lowest BCUT2D eigenvalue weighted by atomic mass is 9.98. The number of rotatable bonds is 4. The Morgan fingerprint density at radius 1 is 0.345 bits per heavy atom. The summed E-state index contributed by atoms with van der Waals surface area (Å²) in [5.41, 5.74) is 12.2. The van der Waals surface area contributed by atoms with Gasteiger partial charge in [-0.2, -0.15) is 0 Å². The number of aromatic nitrogens is 2. The highest BCUT2D eigenvalue weighted by Crippen LogP contribution is 2.45. The van der Waals surface area contributed by atoms with Gasteiger partial charge in [-0.05, 0) is 93.7 Å². The highest BCUT2D eigenvalue weighted by Gasteiger charge is 2.20. The third-order valence-corrected chi connectivity index (χ3v) is 12.7. The Morgan fingerprint density at radius 3 is 1.67 bits per heavy atom. The minimum atomic E-state index is 1.18. The number of hydrogen-bond acceptors (Lipinski definition) is 1. The van der Waals surface area contributed by atoms with Crippen molar-refractivity contribution in [2.24, 2.45) is 0 Å². The molecule has 2 nitrogen and oxygen atoms in total. The first kappa shape index (κ1) is 30.5. The minimum absolute atomic E-state index is 1.18. The van der Waals surface area contributed by atoms with Crippen molar-refractivity contribution in [1.82, 2.24) is 9.13 Å².